The summed E-state index contributed by atoms with van der Waals surface area (Å²) in [4.78, 5) is 0. The van der Waals surface area contributed by atoms with Crippen molar-refractivity contribution in [3.8, 4) is 6.07 Å². The van der Waals surface area contributed by atoms with Gasteiger partial charge in [0.2, 0.25) is 0 Å². The zero-order valence-corrected chi connectivity index (χ0v) is 9.25. The lowest BCUT2D eigenvalue weighted by molar-refractivity contribution is 0.339. The number of hydrogen-bond acceptors (Lipinski definition) is 5. The number of hydrogen-bond donors (Lipinski definition) is 0. The molecule has 1 aliphatic rings. The van der Waals surface area contributed by atoms with Crippen LogP contribution in [0.2, 0.25) is 0 Å². The Morgan fingerprint density at radius 2 is 2.33 bits per heavy atom. The van der Waals surface area contributed by atoms with Crippen molar-refractivity contribution in [3.05, 3.63) is 11.6 Å². The molecule has 1 aliphatic carbocycles. The third-order valence-electron chi connectivity index (χ3n) is 2.00. The van der Waals surface area contributed by atoms with Crippen LogP contribution in [0.5, 0.6) is 0 Å². The highest BCUT2D eigenvalue weighted by atomic mass is 32.2. The monoisotopic (exact) mass is 228 g/mol. The molecular formula is C9H12N2O3S. The summed E-state index contributed by atoms with van der Waals surface area (Å²) in [5, 5.41) is 12.0. The maximum Gasteiger partial charge on any atom is 0.328 e. The van der Waals surface area contributed by atoms with Gasteiger partial charge < -0.3 is 0 Å². The molecular weight excluding hydrogens is 216 g/mol. The van der Waals surface area contributed by atoms with Crippen LogP contribution in [0.4, 0.5) is 0 Å². The molecule has 0 saturated carbocycles. The fourth-order valence-corrected chi connectivity index (χ4v) is 1.45. The summed E-state index contributed by atoms with van der Waals surface area (Å²) in [5.74, 6) is -0.0987. The average molecular weight is 228 g/mol. The molecule has 0 radical (unpaired) electrons. The molecule has 0 N–H and O–H groups in total. The fraction of sp³-hybridized carbons (Fsp3) is 0.556. The molecule has 0 aliphatic heterocycles. The van der Waals surface area contributed by atoms with Gasteiger partial charge in [-0.15, -0.1) is 0 Å². The predicted octanol–water partition coefficient (Wildman–Crippen LogP) is 1.34. The van der Waals surface area contributed by atoms with Crippen LogP contribution in [0.1, 0.15) is 26.2 Å². The molecule has 0 aromatic heterocycles. The number of oxime groups is 1. The van der Waals surface area contributed by atoms with E-state index in [1.54, 1.807) is 6.08 Å². The van der Waals surface area contributed by atoms with Crippen molar-refractivity contribution in [1.82, 2.24) is 0 Å². The number of allylic oxidation sites excluding steroid dienone is 2. The Hall–Kier alpha value is -1.35. The molecule has 0 bridgehead atoms. The predicted molar refractivity (Wildman–Crippen MR) is 55.5 cm³/mol. The summed E-state index contributed by atoms with van der Waals surface area (Å²) >= 11 is 0. The molecule has 0 aromatic carbocycles. The average Bonchev–Trinajstić information content (AvgIpc) is 2.64. The van der Waals surface area contributed by atoms with Crippen LogP contribution in [0.15, 0.2) is 16.8 Å². The zero-order valence-electron chi connectivity index (χ0n) is 8.43. The first kappa shape index (κ1) is 11.7. The van der Waals surface area contributed by atoms with E-state index in [0.29, 0.717) is 18.6 Å². The molecule has 15 heavy (non-hydrogen) atoms. The van der Waals surface area contributed by atoms with Crippen molar-refractivity contribution in [2.24, 2.45) is 5.16 Å². The van der Waals surface area contributed by atoms with Gasteiger partial charge in [0, 0.05) is 0 Å². The number of nitriles is 1. The molecule has 0 fully saturated rings. The summed E-state index contributed by atoms with van der Waals surface area (Å²) in [6.07, 6.45) is 3.46. The summed E-state index contributed by atoms with van der Waals surface area (Å²) < 4.78 is 26.3. The Kier molecular flexibility index (Phi) is 3.86. The second kappa shape index (κ2) is 4.94. The van der Waals surface area contributed by atoms with E-state index >= 15 is 0 Å². The van der Waals surface area contributed by atoms with Crippen LogP contribution in [0.25, 0.3) is 0 Å². The summed E-state index contributed by atoms with van der Waals surface area (Å²) in [6.45, 7) is 1.49. The molecule has 5 nitrogen and oxygen atoms in total. The van der Waals surface area contributed by atoms with Crippen LogP contribution < -0.4 is 0 Å². The van der Waals surface area contributed by atoms with Gasteiger partial charge >= 0.3 is 10.1 Å². The first-order chi connectivity index (χ1) is 7.07. The van der Waals surface area contributed by atoms with Gasteiger partial charge in [0.15, 0.2) is 0 Å². The van der Waals surface area contributed by atoms with Crippen molar-refractivity contribution in [1.29, 1.82) is 5.26 Å². The topological polar surface area (TPSA) is 79.5 Å². The Morgan fingerprint density at radius 3 is 2.93 bits per heavy atom. The van der Waals surface area contributed by atoms with Gasteiger partial charge in [-0.25, -0.2) is 0 Å². The highest BCUT2D eigenvalue weighted by Gasteiger charge is 2.13. The molecule has 0 saturated heterocycles. The largest absolute Gasteiger partial charge is 0.328 e. The van der Waals surface area contributed by atoms with Gasteiger partial charge in [0.1, 0.15) is 0 Å². The number of nitrogens with zero attached hydrogens (tertiary/aromatic N) is 2. The van der Waals surface area contributed by atoms with Crippen LogP contribution in [0.3, 0.4) is 0 Å². The van der Waals surface area contributed by atoms with Crippen LogP contribution >= 0.6 is 0 Å². The van der Waals surface area contributed by atoms with Crippen LogP contribution in [-0.4, -0.2) is 19.9 Å². The van der Waals surface area contributed by atoms with Crippen molar-refractivity contribution >= 4 is 15.8 Å². The first-order valence-electron chi connectivity index (χ1n) is 4.62. The molecule has 0 heterocycles. The maximum atomic E-state index is 11.0. The summed E-state index contributed by atoms with van der Waals surface area (Å²) in [5.41, 5.74) is 1.55. The van der Waals surface area contributed by atoms with E-state index in [2.05, 4.69) is 9.44 Å². The van der Waals surface area contributed by atoms with E-state index in [-0.39, 0.29) is 5.75 Å². The van der Waals surface area contributed by atoms with E-state index in [4.69, 9.17) is 5.26 Å². The maximum absolute atomic E-state index is 11.0. The van der Waals surface area contributed by atoms with Gasteiger partial charge in [-0.1, -0.05) is 10.7 Å². The molecule has 0 spiro atoms. The third-order valence-corrected chi connectivity index (χ3v) is 3.01. The van der Waals surface area contributed by atoms with Gasteiger partial charge in [-0.3, -0.25) is 4.28 Å². The van der Waals surface area contributed by atoms with E-state index < -0.39 is 10.1 Å². The van der Waals surface area contributed by atoms with E-state index in [1.807, 2.05) is 6.07 Å². The Balaban J connectivity index is 2.61. The lowest BCUT2D eigenvalue weighted by Gasteiger charge is -1.96. The van der Waals surface area contributed by atoms with Crippen LogP contribution in [-0.2, 0) is 14.4 Å². The second-order valence-electron chi connectivity index (χ2n) is 3.14. The molecule has 82 valence electrons. The third kappa shape index (κ3) is 3.72. The van der Waals surface area contributed by atoms with Gasteiger partial charge in [0.25, 0.3) is 0 Å². The van der Waals surface area contributed by atoms with E-state index in [0.717, 1.165) is 12.0 Å². The lowest BCUT2D eigenvalue weighted by atomic mass is 10.2. The Bertz CT molecular complexity index is 429. The van der Waals surface area contributed by atoms with Gasteiger partial charge in [0.05, 0.1) is 24.0 Å². The van der Waals surface area contributed by atoms with Crippen molar-refractivity contribution < 1.29 is 12.7 Å². The van der Waals surface area contributed by atoms with Crippen molar-refractivity contribution in [2.75, 3.05) is 5.75 Å². The Labute approximate surface area is 89.2 Å². The smallest absolute Gasteiger partial charge is 0.268 e. The molecule has 0 aromatic rings. The van der Waals surface area contributed by atoms with Crippen molar-refractivity contribution in [3.63, 3.8) is 0 Å². The first-order valence-corrected chi connectivity index (χ1v) is 6.19. The summed E-state index contributed by atoms with van der Waals surface area (Å²) in [6, 6.07) is 2.03. The standard InChI is InChI=1S/C9H12N2O3S/c1-2-15(12,13)14-11-9-4-3-8(7-9)5-6-10/h7H,2-5H2,1H3. The zero-order chi connectivity index (χ0) is 11.3. The molecule has 1 rings (SSSR count). The second-order valence-corrected chi connectivity index (χ2v) is 4.98. The highest BCUT2D eigenvalue weighted by molar-refractivity contribution is 7.86. The molecule has 0 unspecified atom stereocenters. The minimum absolute atomic E-state index is 0.0987. The summed E-state index contributed by atoms with van der Waals surface area (Å²) in [7, 11) is -3.52. The fourth-order valence-electron chi connectivity index (χ4n) is 1.14. The van der Waals surface area contributed by atoms with Crippen molar-refractivity contribution in [2.45, 2.75) is 26.2 Å². The van der Waals surface area contributed by atoms with E-state index in [9.17, 15) is 8.42 Å². The Morgan fingerprint density at radius 1 is 1.60 bits per heavy atom. The number of rotatable bonds is 4. The van der Waals surface area contributed by atoms with Crippen LogP contribution in [0, 0.1) is 11.3 Å². The van der Waals surface area contributed by atoms with Gasteiger partial charge in [-0.05, 0) is 25.8 Å². The SMILES string of the molecule is CCS(=O)(=O)ON=C1C=C(CC#N)CC1. The lowest BCUT2D eigenvalue weighted by Crippen LogP contribution is -2.05. The normalized spacial score (nSPS) is 18.7. The minimum Gasteiger partial charge on any atom is -0.268 e. The minimum atomic E-state index is -3.52. The van der Waals surface area contributed by atoms with E-state index in [1.165, 1.54) is 6.92 Å². The van der Waals surface area contributed by atoms with Gasteiger partial charge in [-0.2, -0.15) is 13.7 Å². The highest BCUT2D eigenvalue weighted by Crippen LogP contribution is 2.18. The molecule has 0 amide bonds. The quantitative estimate of drug-likeness (QED) is 0.680. The molecule has 0 atom stereocenters. The molecule has 6 heteroatoms.